The summed E-state index contributed by atoms with van der Waals surface area (Å²) in [5, 5.41) is 20.0. The first-order chi connectivity index (χ1) is 22.0. The lowest BCUT2D eigenvalue weighted by Gasteiger charge is -2.07. The second-order valence-corrected chi connectivity index (χ2v) is 12.8. The molecule has 0 aliphatic heterocycles. The molecule has 0 bridgehead atoms. The van der Waals surface area contributed by atoms with Crippen LogP contribution in [0.3, 0.4) is 0 Å². The molecule has 0 spiro atoms. The van der Waals surface area contributed by atoms with Crippen LogP contribution in [0.15, 0.2) is 24.3 Å². The van der Waals surface area contributed by atoms with E-state index in [1.807, 2.05) is 0 Å². The lowest BCUT2D eigenvalue weighted by atomic mass is 10.1. The number of hydrogen-bond acceptors (Lipinski definition) is 6. The number of unbranched alkanes of at least 4 members (excludes halogenated alkanes) is 16. The number of carbonyl (C=O) groups excluding carboxylic acids is 2. The van der Waals surface area contributed by atoms with E-state index in [2.05, 4.69) is 38.2 Å². The van der Waals surface area contributed by atoms with Gasteiger partial charge in [-0.1, -0.05) is 128 Å². The summed E-state index contributed by atoms with van der Waals surface area (Å²) in [5.74, 6) is -0.327. The van der Waals surface area contributed by atoms with Crippen LogP contribution in [0.5, 0.6) is 0 Å². The maximum Gasteiger partial charge on any atom is 0.305 e. The number of carbonyl (C=O) groups is 2. The summed E-state index contributed by atoms with van der Waals surface area (Å²) in [4.78, 5) is 23.8. The maximum atomic E-state index is 11.9. The van der Waals surface area contributed by atoms with Gasteiger partial charge in [0, 0.05) is 19.3 Å². The maximum absolute atomic E-state index is 11.9. The number of esters is 2. The van der Waals surface area contributed by atoms with Crippen molar-refractivity contribution in [1.82, 2.24) is 0 Å². The first kappa shape index (κ1) is 43.3. The van der Waals surface area contributed by atoms with Crippen molar-refractivity contribution in [2.45, 2.75) is 199 Å². The molecule has 0 heterocycles. The molecule has 0 aromatic carbocycles. The molecule has 0 unspecified atom stereocenters. The number of aliphatic hydroxyl groups excluding tert-OH is 2. The Morgan fingerprint density at radius 1 is 0.489 bits per heavy atom. The molecule has 0 aliphatic rings. The van der Waals surface area contributed by atoms with Gasteiger partial charge in [-0.3, -0.25) is 9.59 Å². The Kier molecular flexibility index (Phi) is 33.9. The number of rotatable bonds is 34. The van der Waals surface area contributed by atoms with Crippen LogP contribution in [0, 0.1) is 0 Å². The topological polar surface area (TPSA) is 93.1 Å². The van der Waals surface area contributed by atoms with Crippen molar-refractivity contribution < 1.29 is 29.3 Å². The van der Waals surface area contributed by atoms with Crippen molar-refractivity contribution in [2.75, 3.05) is 13.2 Å². The van der Waals surface area contributed by atoms with Crippen LogP contribution in [-0.2, 0) is 19.1 Å². The molecule has 45 heavy (non-hydrogen) atoms. The molecule has 2 atom stereocenters. The number of hydrogen-bond donors (Lipinski definition) is 2. The highest BCUT2D eigenvalue weighted by atomic mass is 16.5. The van der Waals surface area contributed by atoms with Gasteiger partial charge in [0.15, 0.2) is 0 Å². The third-order valence-electron chi connectivity index (χ3n) is 8.25. The molecular weight excluding hydrogens is 564 g/mol. The van der Waals surface area contributed by atoms with Gasteiger partial charge in [0.2, 0.25) is 0 Å². The summed E-state index contributed by atoms with van der Waals surface area (Å²) in [6.45, 7) is 5.02. The summed E-state index contributed by atoms with van der Waals surface area (Å²) < 4.78 is 10.5. The number of allylic oxidation sites excluding steroid dienone is 2. The normalized spacial score (nSPS) is 13.1. The van der Waals surface area contributed by atoms with Gasteiger partial charge in [-0.05, 0) is 64.2 Å². The molecule has 0 radical (unpaired) electrons. The lowest BCUT2D eigenvalue weighted by molar-refractivity contribution is -0.146. The monoisotopic (exact) mass is 637 g/mol. The quantitative estimate of drug-likeness (QED) is 0.0415. The zero-order chi connectivity index (χ0) is 33.1. The van der Waals surface area contributed by atoms with E-state index in [9.17, 15) is 19.8 Å². The molecule has 6 heteroatoms. The molecule has 0 rings (SSSR count). The van der Waals surface area contributed by atoms with Crippen LogP contribution >= 0.6 is 0 Å². The second kappa shape index (κ2) is 35.2. The first-order valence-corrected chi connectivity index (χ1v) is 19.0. The fourth-order valence-corrected chi connectivity index (χ4v) is 5.29. The van der Waals surface area contributed by atoms with E-state index >= 15 is 0 Å². The Morgan fingerprint density at radius 3 is 1.29 bits per heavy atom. The Hall–Kier alpha value is -1.66. The standard InChI is InChI=1S/C39H72O6/c1-3-5-7-21-28-36(40)30-23-17-13-9-11-15-19-25-32-38(42)44-34-27-35-45-39(43)33-26-20-16-12-10-14-18-24-31-37(41)29-22-8-6-4-2/h17-18,23-24,36-37,40-41H,3-16,19-22,25-35H2,1-2H3/b23-17-,24-18+/t36-,37+/m1/s1. The van der Waals surface area contributed by atoms with Gasteiger partial charge in [-0.15, -0.1) is 0 Å². The first-order valence-electron chi connectivity index (χ1n) is 19.0. The minimum absolute atomic E-state index is 0.164. The van der Waals surface area contributed by atoms with Crippen molar-refractivity contribution in [3.63, 3.8) is 0 Å². The van der Waals surface area contributed by atoms with E-state index in [-0.39, 0.29) is 24.1 Å². The molecule has 0 fully saturated rings. The summed E-state index contributed by atoms with van der Waals surface area (Å²) in [7, 11) is 0. The van der Waals surface area contributed by atoms with Gasteiger partial charge in [-0.25, -0.2) is 0 Å². The fourth-order valence-electron chi connectivity index (χ4n) is 5.29. The third kappa shape index (κ3) is 35.0. The predicted molar refractivity (Wildman–Crippen MR) is 188 cm³/mol. The Labute approximate surface area is 277 Å². The molecule has 0 saturated heterocycles. The Morgan fingerprint density at radius 2 is 0.867 bits per heavy atom. The van der Waals surface area contributed by atoms with Crippen molar-refractivity contribution in [3.05, 3.63) is 24.3 Å². The molecule has 264 valence electrons. The number of ether oxygens (including phenoxy) is 2. The molecule has 0 saturated carbocycles. The molecular formula is C39H72O6. The van der Waals surface area contributed by atoms with E-state index < -0.39 is 0 Å². The minimum atomic E-state index is -0.195. The van der Waals surface area contributed by atoms with Crippen LogP contribution in [0.25, 0.3) is 0 Å². The third-order valence-corrected chi connectivity index (χ3v) is 8.25. The minimum Gasteiger partial charge on any atom is -0.466 e. The zero-order valence-corrected chi connectivity index (χ0v) is 29.5. The fraction of sp³-hybridized carbons (Fsp3) is 0.846. The van der Waals surface area contributed by atoms with Crippen molar-refractivity contribution in [1.29, 1.82) is 0 Å². The summed E-state index contributed by atoms with van der Waals surface area (Å²) in [6.07, 6.45) is 35.5. The molecule has 0 aliphatic carbocycles. The Balaban J connectivity index is 3.43. The molecule has 0 amide bonds. The van der Waals surface area contributed by atoms with E-state index in [1.165, 1.54) is 38.5 Å². The molecule has 0 aromatic rings. The average Bonchev–Trinajstić information content (AvgIpc) is 3.03. The zero-order valence-electron chi connectivity index (χ0n) is 29.5. The largest absolute Gasteiger partial charge is 0.466 e. The average molecular weight is 637 g/mol. The van der Waals surface area contributed by atoms with Crippen LogP contribution in [0.1, 0.15) is 187 Å². The lowest BCUT2D eigenvalue weighted by Crippen LogP contribution is -2.10. The van der Waals surface area contributed by atoms with Crippen LogP contribution < -0.4 is 0 Å². The highest BCUT2D eigenvalue weighted by molar-refractivity contribution is 5.69. The second-order valence-electron chi connectivity index (χ2n) is 12.8. The van der Waals surface area contributed by atoms with Gasteiger partial charge in [0.25, 0.3) is 0 Å². The highest BCUT2D eigenvalue weighted by Crippen LogP contribution is 2.12. The molecule has 2 N–H and O–H groups in total. The smallest absolute Gasteiger partial charge is 0.305 e. The predicted octanol–water partition coefficient (Wildman–Crippen LogP) is 10.5. The van der Waals surface area contributed by atoms with Gasteiger partial charge >= 0.3 is 11.9 Å². The SMILES string of the molecule is CCCCCC[C@H](O)C/C=C/CCCCCCCC(=O)OCCCOC(=O)CCCCCCC/C=C\C[C@H](O)CCCCCC. The van der Waals surface area contributed by atoms with Crippen molar-refractivity contribution in [2.24, 2.45) is 0 Å². The van der Waals surface area contributed by atoms with Crippen LogP contribution in [0.4, 0.5) is 0 Å². The van der Waals surface area contributed by atoms with E-state index in [1.54, 1.807) is 0 Å². The summed E-state index contributed by atoms with van der Waals surface area (Å²) >= 11 is 0. The van der Waals surface area contributed by atoms with Crippen LogP contribution in [-0.4, -0.2) is 47.6 Å². The summed E-state index contributed by atoms with van der Waals surface area (Å²) in [5.41, 5.74) is 0. The summed E-state index contributed by atoms with van der Waals surface area (Å²) in [6, 6.07) is 0. The van der Waals surface area contributed by atoms with E-state index in [4.69, 9.17) is 9.47 Å². The molecule has 6 nitrogen and oxygen atoms in total. The van der Waals surface area contributed by atoms with Gasteiger partial charge in [0.1, 0.15) is 0 Å². The van der Waals surface area contributed by atoms with Gasteiger partial charge in [-0.2, -0.15) is 0 Å². The van der Waals surface area contributed by atoms with E-state index in [0.717, 1.165) is 116 Å². The van der Waals surface area contributed by atoms with Gasteiger partial charge < -0.3 is 19.7 Å². The highest BCUT2D eigenvalue weighted by Gasteiger charge is 2.06. The number of aliphatic hydroxyl groups is 2. The van der Waals surface area contributed by atoms with E-state index in [0.29, 0.717) is 32.5 Å². The molecule has 0 aromatic heterocycles. The van der Waals surface area contributed by atoms with Crippen molar-refractivity contribution in [3.8, 4) is 0 Å². The Bertz CT molecular complexity index is 646. The van der Waals surface area contributed by atoms with Crippen LogP contribution in [0.2, 0.25) is 0 Å². The van der Waals surface area contributed by atoms with Gasteiger partial charge in [0.05, 0.1) is 25.4 Å². The van der Waals surface area contributed by atoms with Crippen molar-refractivity contribution >= 4 is 11.9 Å².